The van der Waals surface area contributed by atoms with Crippen molar-refractivity contribution in [2.45, 2.75) is 6.92 Å². The van der Waals surface area contributed by atoms with E-state index in [1.807, 2.05) is 0 Å². The summed E-state index contributed by atoms with van der Waals surface area (Å²) in [5, 5.41) is 11.5. The van der Waals surface area contributed by atoms with Crippen molar-refractivity contribution in [2.24, 2.45) is 5.16 Å². The van der Waals surface area contributed by atoms with Crippen LogP contribution in [-0.2, 0) is 0 Å². The second-order valence-electron chi connectivity index (χ2n) is 2.28. The first-order valence-electron chi connectivity index (χ1n) is 3.30. The molecule has 64 valence electrons. The standard InChI is InChI=1S/C8H7ClFNO/c1-5(11-12)8-6(9)3-2-4-7(8)10/h2-4,12H,1H3/b11-5+. The molecule has 0 amide bonds. The Bertz CT molecular complexity index is 305. The van der Waals surface area contributed by atoms with E-state index in [4.69, 9.17) is 16.8 Å². The van der Waals surface area contributed by atoms with Crippen LogP contribution >= 0.6 is 11.6 Å². The monoisotopic (exact) mass is 187 g/mol. The third-order valence-electron chi connectivity index (χ3n) is 1.47. The number of hydrogen-bond donors (Lipinski definition) is 1. The lowest BCUT2D eigenvalue weighted by molar-refractivity contribution is 0.319. The smallest absolute Gasteiger partial charge is 0.133 e. The Balaban J connectivity index is 3.31. The van der Waals surface area contributed by atoms with Gasteiger partial charge >= 0.3 is 0 Å². The molecule has 1 aromatic rings. The summed E-state index contributed by atoms with van der Waals surface area (Å²) < 4.78 is 13.0. The first kappa shape index (κ1) is 9.00. The zero-order valence-corrected chi connectivity index (χ0v) is 7.14. The van der Waals surface area contributed by atoms with Crippen LogP contribution in [0.5, 0.6) is 0 Å². The number of hydrogen-bond acceptors (Lipinski definition) is 2. The molecule has 0 aliphatic rings. The van der Waals surface area contributed by atoms with E-state index < -0.39 is 5.82 Å². The Labute approximate surface area is 74.3 Å². The van der Waals surface area contributed by atoms with Crippen LogP contribution in [0.25, 0.3) is 0 Å². The van der Waals surface area contributed by atoms with Crippen LogP contribution in [0.4, 0.5) is 4.39 Å². The van der Waals surface area contributed by atoms with Gasteiger partial charge in [0.2, 0.25) is 0 Å². The van der Waals surface area contributed by atoms with Gasteiger partial charge in [-0.3, -0.25) is 0 Å². The summed E-state index contributed by atoms with van der Waals surface area (Å²) in [7, 11) is 0. The first-order valence-corrected chi connectivity index (χ1v) is 3.67. The Morgan fingerprint density at radius 1 is 1.58 bits per heavy atom. The van der Waals surface area contributed by atoms with E-state index in [0.29, 0.717) is 0 Å². The molecular weight excluding hydrogens is 181 g/mol. The molecule has 0 radical (unpaired) electrons. The molecule has 1 N–H and O–H groups in total. The number of halogens is 2. The van der Waals surface area contributed by atoms with Crippen LogP contribution < -0.4 is 0 Å². The van der Waals surface area contributed by atoms with Crippen molar-refractivity contribution in [2.75, 3.05) is 0 Å². The van der Waals surface area contributed by atoms with Gasteiger partial charge in [0.1, 0.15) is 5.82 Å². The molecule has 2 nitrogen and oxygen atoms in total. The molecule has 0 aromatic heterocycles. The maximum Gasteiger partial charge on any atom is 0.133 e. The minimum absolute atomic E-state index is 0.140. The Morgan fingerprint density at radius 2 is 2.25 bits per heavy atom. The fraction of sp³-hybridized carbons (Fsp3) is 0.125. The summed E-state index contributed by atoms with van der Waals surface area (Å²) in [6.45, 7) is 1.48. The molecule has 0 heterocycles. The van der Waals surface area contributed by atoms with E-state index in [9.17, 15) is 4.39 Å². The maximum atomic E-state index is 13.0. The lowest BCUT2D eigenvalue weighted by atomic mass is 10.1. The molecule has 4 heteroatoms. The third-order valence-corrected chi connectivity index (χ3v) is 1.79. The second kappa shape index (κ2) is 3.54. The van der Waals surface area contributed by atoms with Crippen LogP contribution in [0.2, 0.25) is 5.02 Å². The minimum atomic E-state index is -0.488. The van der Waals surface area contributed by atoms with Gasteiger partial charge in [-0.05, 0) is 19.1 Å². The molecule has 0 fully saturated rings. The lowest BCUT2D eigenvalue weighted by Crippen LogP contribution is -1.99. The van der Waals surface area contributed by atoms with Crippen molar-refractivity contribution in [3.8, 4) is 0 Å². The van der Waals surface area contributed by atoms with Crippen molar-refractivity contribution in [3.05, 3.63) is 34.6 Å². The van der Waals surface area contributed by atoms with Gasteiger partial charge in [-0.15, -0.1) is 0 Å². The Hall–Kier alpha value is -1.09. The van der Waals surface area contributed by atoms with Gasteiger partial charge in [0, 0.05) is 0 Å². The predicted octanol–water partition coefficient (Wildman–Crippen LogP) is 2.68. The molecule has 1 aromatic carbocycles. The number of nitrogens with zero attached hydrogens (tertiary/aromatic N) is 1. The van der Waals surface area contributed by atoms with E-state index in [1.54, 1.807) is 0 Å². The van der Waals surface area contributed by atoms with Crippen molar-refractivity contribution in [1.82, 2.24) is 0 Å². The summed E-state index contributed by atoms with van der Waals surface area (Å²) in [6, 6.07) is 4.29. The van der Waals surface area contributed by atoms with Crippen molar-refractivity contribution >= 4 is 17.3 Å². The van der Waals surface area contributed by atoms with E-state index in [0.717, 1.165) is 0 Å². The van der Waals surface area contributed by atoms with E-state index in [2.05, 4.69) is 5.16 Å². The Morgan fingerprint density at radius 3 is 2.75 bits per heavy atom. The zero-order chi connectivity index (χ0) is 9.14. The molecule has 0 bridgehead atoms. The van der Waals surface area contributed by atoms with Crippen LogP contribution in [0, 0.1) is 5.82 Å². The third kappa shape index (κ3) is 1.56. The highest BCUT2D eigenvalue weighted by Gasteiger charge is 2.09. The molecule has 0 aliphatic carbocycles. The van der Waals surface area contributed by atoms with Crippen LogP contribution in [-0.4, -0.2) is 10.9 Å². The van der Waals surface area contributed by atoms with Crippen LogP contribution in [0.1, 0.15) is 12.5 Å². The average Bonchev–Trinajstić information content (AvgIpc) is 2.03. The molecule has 0 saturated carbocycles. The summed E-state index contributed by atoms with van der Waals surface area (Å²) in [6.07, 6.45) is 0. The molecule has 1 rings (SSSR count). The fourth-order valence-electron chi connectivity index (χ4n) is 0.893. The topological polar surface area (TPSA) is 32.6 Å². The van der Waals surface area contributed by atoms with Gasteiger partial charge in [-0.1, -0.05) is 22.8 Å². The van der Waals surface area contributed by atoms with E-state index >= 15 is 0 Å². The number of benzene rings is 1. The second-order valence-corrected chi connectivity index (χ2v) is 2.69. The largest absolute Gasteiger partial charge is 0.411 e. The molecule has 0 unspecified atom stereocenters. The van der Waals surface area contributed by atoms with E-state index in [-0.39, 0.29) is 16.3 Å². The predicted molar refractivity (Wildman–Crippen MR) is 45.4 cm³/mol. The molecule has 0 atom stereocenters. The number of oxime groups is 1. The first-order chi connectivity index (χ1) is 5.66. The average molecular weight is 188 g/mol. The van der Waals surface area contributed by atoms with Gasteiger partial charge in [-0.2, -0.15) is 0 Å². The molecule has 12 heavy (non-hydrogen) atoms. The SMILES string of the molecule is C/C(=N\O)c1c(F)cccc1Cl. The normalized spacial score (nSPS) is 11.8. The molecule has 0 aliphatic heterocycles. The van der Waals surface area contributed by atoms with Crippen LogP contribution in [0.15, 0.2) is 23.4 Å². The molecule has 0 saturated heterocycles. The van der Waals surface area contributed by atoms with E-state index in [1.165, 1.54) is 25.1 Å². The summed E-state index contributed by atoms with van der Waals surface area (Å²) in [5.74, 6) is -0.488. The highest BCUT2D eigenvalue weighted by atomic mass is 35.5. The van der Waals surface area contributed by atoms with Crippen molar-refractivity contribution < 1.29 is 9.60 Å². The summed E-state index contributed by atoms with van der Waals surface area (Å²) >= 11 is 5.67. The highest BCUT2D eigenvalue weighted by Crippen LogP contribution is 2.19. The highest BCUT2D eigenvalue weighted by molar-refractivity contribution is 6.34. The van der Waals surface area contributed by atoms with Crippen molar-refractivity contribution in [3.63, 3.8) is 0 Å². The van der Waals surface area contributed by atoms with Gasteiger partial charge in [0.05, 0.1) is 16.3 Å². The van der Waals surface area contributed by atoms with Gasteiger partial charge < -0.3 is 5.21 Å². The van der Waals surface area contributed by atoms with Crippen LogP contribution in [0.3, 0.4) is 0 Å². The van der Waals surface area contributed by atoms with Gasteiger partial charge in [0.15, 0.2) is 0 Å². The molecular formula is C8H7ClFNO. The quantitative estimate of drug-likeness (QED) is 0.409. The summed E-state index contributed by atoms with van der Waals surface area (Å²) in [4.78, 5) is 0. The Kier molecular flexibility index (Phi) is 2.65. The zero-order valence-electron chi connectivity index (χ0n) is 6.38. The maximum absolute atomic E-state index is 13.0. The van der Waals surface area contributed by atoms with Crippen molar-refractivity contribution in [1.29, 1.82) is 0 Å². The minimum Gasteiger partial charge on any atom is -0.411 e. The fourth-order valence-corrected chi connectivity index (χ4v) is 1.19. The molecule has 0 spiro atoms. The summed E-state index contributed by atoms with van der Waals surface area (Å²) in [5.41, 5.74) is 0.305. The van der Waals surface area contributed by atoms with Gasteiger partial charge in [0.25, 0.3) is 0 Å². The number of rotatable bonds is 1. The van der Waals surface area contributed by atoms with Gasteiger partial charge in [-0.25, -0.2) is 4.39 Å². The lowest BCUT2D eigenvalue weighted by Gasteiger charge is -2.02.